The summed E-state index contributed by atoms with van der Waals surface area (Å²) in [6, 6.07) is 5.75. The molecule has 3 rings (SSSR count). The molecule has 0 radical (unpaired) electrons. The van der Waals surface area contributed by atoms with Crippen molar-refractivity contribution in [3.8, 4) is 0 Å². The van der Waals surface area contributed by atoms with E-state index in [-0.39, 0.29) is 11.9 Å². The van der Waals surface area contributed by atoms with Crippen LogP contribution in [0.15, 0.2) is 18.2 Å². The normalized spacial score (nSPS) is 17.2. The van der Waals surface area contributed by atoms with Crippen molar-refractivity contribution < 1.29 is 32.7 Å². The zero-order valence-corrected chi connectivity index (χ0v) is 13.0. The Morgan fingerprint density at radius 2 is 1.84 bits per heavy atom. The van der Waals surface area contributed by atoms with E-state index in [2.05, 4.69) is 16.7 Å². The summed E-state index contributed by atoms with van der Waals surface area (Å²) in [5.74, 6) is -2.96. The van der Waals surface area contributed by atoms with Crippen LogP contribution in [0.5, 0.6) is 0 Å². The van der Waals surface area contributed by atoms with E-state index in [9.17, 15) is 22.8 Å². The van der Waals surface area contributed by atoms with Crippen molar-refractivity contribution in [2.45, 2.75) is 25.6 Å². The molecule has 3 N–H and O–H groups in total. The minimum Gasteiger partial charge on any atom is -0.475 e. The van der Waals surface area contributed by atoms with Gasteiger partial charge in [0, 0.05) is 25.2 Å². The number of carbonyl (C=O) groups is 3. The first-order valence-electron chi connectivity index (χ1n) is 7.42. The summed E-state index contributed by atoms with van der Waals surface area (Å²) in [6.45, 7) is 2.31. The number of aliphatic carboxylic acids is 1. The monoisotopic (exact) mass is 359 g/mol. The topological polar surface area (TPSA) is 98.7 Å². The predicted molar refractivity (Wildman–Crippen MR) is 81.0 cm³/mol. The zero-order chi connectivity index (χ0) is 18.6. The Morgan fingerprint density at radius 3 is 2.44 bits per heavy atom. The van der Waals surface area contributed by atoms with Gasteiger partial charge in [-0.25, -0.2) is 9.59 Å². The van der Waals surface area contributed by atoms with Crippen molar-refractivity contribution in [3.05, 3.63) is 29.3 Å². The van der Waals surface area contributed by atoms with Crippen LogP contribution < -0.4 is 15.5 Å². The molecule has 3 amide bonds. The number of carbonyl (C=O) groups excluding carboxylic acids is 2. The van der Waals surface area contributed by atoms with Crippen molar-refractivity contribution >= 4 is 23.6 Å². The number of carboxylic acid groups (broad SMARTS) is 1. The highest BCUT2D eigenvalue weighted by molar-refractivity contribution is 6.05. The number of nitrogens with zero attached hydrogens (tertiary/aromatic N) is 1. The maximum Gasteiger partial charge on any atom is 0.490 e. The molecule has 1 aromatic rings. The molecular formula is C15H16F3N3O4. The van der Waals surface area contributed by atoms with Crippen molar-refractivity contribution in [2.24, 2.45) is 0 Å². The largest absolute Gasteiger partial charge is 0.490 e. The summed E-state index contributed by atoms with van der Waals surface area (Å²) in [5.41, 5.74) is 3.44. The van der Waals surface area contributed by atoms with Gasteiger partial charge in [-0.05, 0) is 36.2 Å². The van der Waals surface area contributed by atoms with E-state index in [4.69, 9.17) is 9.90 Å². The van der Waals surface area contributed by atoms with Gasteiger partial charge < -0.3 is 10.4 Å². The molecule has 0 spiro atoms. The van der Waals surface area contributed by atoms with Gasteiger partial charge in [0.2, 0.25) is 5.91 Å². The lowest BCUT2D eigenvalue weighted by Crippen LogP contribution is -2.49. The molecule has 25 heavy (non-hydrogen) atoms. The number of imide groups is 1. The van der Waals surface area contributed by atoms with Gasteiger partial charge >= 0.3 is 18.2 Å². The molecule has 2 heterocycles. The van der Waals surface area contributed by atoms with Crippen LogP contribution in [0.3, 0.4) is 0 Å². The lowest BCUT2D eigenvalue weighted by molar-refractivity contribution is -0.192. The maximum atomic E-state index is 11.8. The third-order valence-corrected chi connectivity index (χ3v) is 3.68. The molecule has 0 saturated carbocycles. The van der Waals surface area contributed by atoms with Gasteiger partial charge in [0.05, 0.1) is 0 Å². The Labute approximate surface area is 140 Å². The van der Waals surface area contributed by atoms with E-state index in [0.717, 1.165) is 25.2 Å². The third-order valence-electron chi connectivity index (χ3n) is 3.68. The van der Waals surface area contributed by atoms with E-state index < -0.39 is 12.1 Å². The fourth-order valence-electron chi connectivity index (χ4n) is 2.45. The second-order valence-electron chi connectivity index (χ2n) is 5.44. The highest BCUT2D eigenvalue weighted by Gasteiger charge is 2.38. The standard InChI is InChI=1S/C13H15N3O2.C2HF3O2/c17-12-4-6-16(13(18)15-12)11-2-1-9-3-5-14-8-10(9)7-11;3-2(4,5)1(6)7/h1-2,7,14H,3-6,8H2,(H,15,17,18);(H,6,7). The number of halogens is 3. The fourth-order valence-corrected chi connectivity index (χ4v) is 2.45. The number of hydrogen-bond acceptors (Lipinski definition) is 4. The van der Waals surface area contributed by atoms with Gasteiger partial charge in [0.1, 0.15) is 0 Å². The third kappa shape index (κ3) is 4.92. The number of benzene rings is 1. The van der Waals surface area contributed by atoms with Gasteiger partial charge in [-0.3, -0.25) is 15.0 Å². The Bertz CT molecular complexity index is 691. The molecule has 1 saturated heterocycles. The molecule has 0 aliphatic carbocycles. The van der Waals surface area contributed by atoms with Crippen LogP contribution in [0.2, 0.25) is 0 Å². The molecule has 1 fully saturated rings. The number of amides is 3. The van der Waals surface area contributed by atoms with Crippen LogP contribution in [0.25, 0.3) is 0 Å². The summed E-state index contributed by atoms with van der Waals surface area (Å²) < 4.78 is 31.7. The number of urea groups is 1. The average molecular weight is 359 g/mol. The maximum absolute atomic E-state index is 11.8. The molecule has 0 unspecified atom stereocenters. The number of hydrogen-bond donors (Lipinski definition) is 3. The molecule has 2 aliphatic rings. The quantitative estimate of drug-likeness (QED) is 0.704. The minimum absolute atomic E-state index is 0.198. The number of nitrogens with one attached hydrogen (secondary N) is 2. The van der Waals surface area contributed by atoms with Gasteiger partial charge in [-0.2, -0.15) is 13.2 Å². The van der Waals surface area contributed by atoms with Crippen LogP contribution in [0.1, 0.15) is 17.5 Å². The Kier molecular flexibility index (Phi) is 5.62. The predicted octanol–water partition coefficient (Wildman–Crippen LogP) is 1.41. The van der Waals surface area contributed by atoms with Crippen LogP contribution in [0, 0.1) is 0 Å². The fraction of sp³-hybridized carbons (Fsp3) is 0.400. The van der Waals surface area contributed by atoms with E-state index in [1.165, 1.54) is 11.1 Å². The van der Waals surface area contributed by atoms with E-state index in [1.807, 2.05) is 12.1 Å². The van der Waals surface area contributed by atoms with Gasteiger partial charge in [0.15, 0.2) is 0 Å². The molecule has 0 atom stereocenters. The van der Waals surface area contributed by atoms with E-state index in [1.54, 1.807) is 4.90 Å². The SMILES string of the molecule is O=C(O)C(F)(F)F.O=C1CCN(c2ccc3c(c2)CNCC3)C(=O)N1. The second-order valence-corrected chi connectivity index (χ2v) is 5.44. The van der Waals surface area contributed by atoms with Gasteiger partial charge in [-0.1, -0.05) is 6.07 Å². The van der Waals surface area contributed by atoms with Crippen molar-refractivity contribution in [1.82, 2.24) is 10.6 Å². The second kappa shape index (κ2) is 7.51. The smallest absolute Gasteiger partial charge is 0.475 e. The molecule has 0 aromatic heterocycles. The molecule has 0 bridgehead atoms. The number of carboxylic acids is 1. The van der Waals surface area contributed by atoms with Crippen LogP contribution >= 0.6 is 0 Å². The highest BCUT2D eigenvalue weighted by Crippen LogP contribution is 2.23. The summed E-state index contributed by atoms with van der Waals surface area (Å²) in [5, 5.41) is 12.8. The van der Waals surface area contributed by atoms with Crippen molar-refractivity contribution in [2.75, 3.05) is 18.0 Å². The average Bonchev–Trinajstić information content (AvgIpc) is 2.54. The van der Waals surface area contributed by atoms with Crippen LogP contribution in [0.4, 0.5) is 23.7 Å². The number of alkyl halides is 3. The first-order valence-corrected chi connectivity index (χ1v) is 7.42. The summed E-state index contributed by atoms with van der Waals surface area (Å²) in [7, 11) is 0. The number of anilines is 1. The van der Waals surface area contributed by atoms with E-state index in [0.29, 0.717) is 13.0 Å². The lowest BCUT2D eigenvalue weighted by atomic mass is 10.00. The summed E-state index contributed by atoms with van der Waals surface area (Å²) in [4.78, 5) is 33.4. The molecule has 7 nitrogen and oxygen atoms in total. The zero-order valence-electron chi connectivity index (χ0n) is 13.0. The molecule has 136 valence electrons. The first kappa shape index (κ1) is 18.7. The van der Waals surface area contributed by atoms with Crippen LogP contribution in [-0.2, 0) is 22.6 Å². The molecule has 1 aromatic carbocycles. The minimum atomic E-state index is -5.08. The summed E-state index contributed by atoms with van der Waals surface area (Å²) in [6.07, 6.45) is -3.69. The molecular weight excluding hydrogens is 343 g/mol. The number of rotatable bonds is 1. The highest BCUT2D eigenvalue weighted by atomic mass is 19.4. The Morgan fingerprint density at radius 1 is 1.16 bits per heavy atom. The lowest BCUT2D eigenvalue weighted by Gasteiger charge is -2.28. The van der Waals surface area contributed by atoms with Gasteiger partial charge in [0.25, 0.3) is 0 Å². The van der Waals surface area contributed by atoms with Crippen LogP contribution in [-0.4, -0.2) is 42.3 Å². The Balaban J connectivity index is 0.000000277. The molecule has 2 aliphatic heterocycles. The number of fused-ring (bicyclic) bond motifs is 1. The van der Waals surface area contributed by atoms with Gasteiger partial charge in [-0.15, -0.1) is 0 Å². The van der Waals surface area contributed by atoms with E-state index >= 15 is 0 Å². The van der Waals surface area contributed by atoms with Crippen molar-refractivity contribution in [1.29, 1.82) is 0 Å². The molecule has 10 heteroatoms. The Hall–Kier alpha value is -2.62. The van der Waals surface area contributed by atoms with Crippen molar-refractivity contribution in [3.63, 3.8) is 0 Å². The summed E-state index contributed by atoms with van der Waals surface area (Å²) >= 11 is 0. The first-order chi connectivity index (χ1) is 11.7.